The number of benzene rings is 1. The van der Waals surface area contributed by atoms with Gasteiger partial charge in [0.05, 0.1) is 11.5 Å². The zero-order chi connectivity index (χ0) is 12.3. The molecule has 0 spiro atoms. The van der Waals surface area contributed by atoms with E-state index in [9.17, 15) is 8.42 Å². The van der Waals surface area contributed by atoms with Gasteiger partial charge in [-0.05, 0) is 13.0 Å². The van der Waals surface area contributed by atoms with Crippen LogP contribution in [0.15, 0.2) is 17.0 Å². The lowest BCUT2D eigenvalue weighted by molar-refractivity contribution is 0.200. The third-order valence-electron chi connectivity index (χ3n) is 1.99. The molecule has 0 aliphatic carbocycles. The van der Waals surface area contributed by atoms with Crippen molar-refractivity contribution in [3.8, 4) is 5.75 Å². The summed E-state index contributed by atoms with van der Waals surface area (Å²) in [6, 6.07) is 2.76. The summed E-state index contributed by atoms with van der Waals surface area (Å²) < 4.78 is 27.7. The van der Waals surface area contributed by atoms with Crippen LogP contribution in [0.25, 0.3) is 0 Å². The van der Waals surface area contributed by atoms with Gasteiger partial charge in [0.15, 0.2) is 0 Å². The molecule has 0 radical (unpaired) electrons. The van der Waals surface area contributed by atoms with E-state index in [1.807, 2.05) is 0 Å². The van der Waals surface area contributed by atoms with Crippen molar-refractivity contribution in [2.75, 3.05) is 18.9 Å². The first kappa shape index (κ1) is 12.8. The number of anilines is 1. The van der Waals surface area contributed by atoms with Crippen LogP contribution in [0, 0.1) is 6.92 Å². The van der Waals surface area contributed by atoms with Crippen LogP contribution in [0.4, 0.5) is 5.69 Å². The number of rotatable bonds is 4. The van der Waals surface area contributed by atoms with E-state index in [0.717, 1.165) is 0 Å². The first-order valence-electron chi connectivity index (χ1n) is 4.53. The van der Waals surface area contributed by atoms with Crippen molar-refractivity contribution in [3.05, 3.63) is 17.7 Å². The SMILES string of the molecule is Cc1c(OCCO)cc(N)cc1S(N)(=O)=O. The monoisotopic (exact) mass is 246 g/mol. The van der Waals surface area contributed by atoms with Gasteiger partial charge in [-0.2, -0.15) is 0 Å². The molecule has 0 aliphatic rings. The first-order chi connectivity index (χ1) is 7.36. The summed E-state index contributed by atoms with van der Waals surface area (Å²) in [5.74, 6) is 0.304. The Kier molecular flexibility index (Phi) is 3.74. The molecule has 0 amide bonds. The van der Waals surface area contributed by atoms with E-state index in [4.69, 9.17) is 20.7 Å². The second kappa shape index (κ2) is 4.69. The van der Waals surface area contributed by atoms with Crippen molar-refractivity contribution in [1.29, 1.82) is 0 Å². The molecule has 1 rings (SSSR count). The number of sulfonamides is 1. The largest absolute Gasteiger partial charge is 0.491 e. The topological polar surface area (TPSA) is 116 Å². The highest BCUT2D eigenvalue weighted by Gasteiger charge is 2.16. The van der Waals surface area contributed by atoms with Crippen LogP contribution in [-0.4, -0.2) is 26.7 Å². The van der Waals surface area contributed by atoms with Crippen molar-refractivity contribution < 1.29 is 18.3 Å². The minimum absolute atomic E-state index is 0.0638. The van der Waals surface area contributed by atoms with E-state index in [0.29, 0.717) is 11.3 Å². The van der Waals surface area contributed by atoms with Crippen molar-refractivity contribution in [1.82, 2.24) is 0 Å². The second-order valence-corrected chi connectivity index (χ2v) is 4.79. The van der Waals surface area contributed by atoms with Crippen LogP contribution in [0.2, 0.25) is 0 Å². The van der Waals surface area contributed by atoms with Gasteiger partial charge in [-0.25, -0.2) is 13.6 Å². The molecule has 16 heavy (non-hydrogen) atoms. The molecule has 1 aromatic rings. The molecule has 0 heterocycles. The molecule has 1 aromatic carbocycles. The number of aliphatic hydroxyl groups is 1. The fraction of sp³-hybridized carbons (Fsp3) is 0.333. The Balaban J connectivity index is 3.27. The van der Waals surface area contributed by atoms with Crippen LogP contribution >= 0.6 is 0 Å². The van der Waals surface area contributed by atoms with Gasteiger partial charge in [-0.1, -0.05) is 0 Å². The predicted molar refractivity (Wildman–Crippen MR) is 59.5 cm³/mol. The number of hydrogen-bond donors (Lipinski definition) is 3. The maximum Gasteiger partial charge on any atom is 0.238 e. The zero-order valence-electron chi connectivity index (χ0n) is 8.80. The van der Waals surface area contributed by atoms with Crippen molar-refractivity contribution in [3.63, 3.8) is 0 Å². The second-order valence-electron chi connectivity index (χ2n) is 3.26. The van der Waals surface area contributed by atoms with Crippen molar-refractivity contribution in [2.45, 2.75) is 11.8 Å². The summed E-state index contributed by atoms with van der Waals surface area (Å²) in [5, 5.41) is 13.7. The zero-order valence-corrected chi connectivity index (χ0v) is 9.62. The van der Waals surface area contributed by atoms with E-state index in [1.54, 1.807) is 6.92 Å². The van der Waals surface area contributed by atoms with E-state index in [1.165, 1.54) is 12.1 Å². The van der Waals surface area contributed by atoms with E-state index in [2.05, 4.69) is 0 Å². The molecule has 0 aliphatic heterocycles. The van der Waals surface area contributed by atoms with Crippen LogP contribution in [-0.2, 0) is 10.0 Å². The molecule has 0 atom stereocenters. The van der Waals surface area contributed by atoms with Gasteiger partial charge in [0, 0.05) is 17.3 Å². The predicted octanol–water partition coefficient (Wildman–Crippen LogP) is -0.404. The summed E-state index contributed by atoms with van der Waals surface area (Å²) in [6.07, 6.45) is 0. The van der Waals surface area contributed by atoms with E-state index in [-0.39, 0.29) is 23.8 Å². The molecule has 0 saturated carbocycles. The number of hydrogen-bond acceptors (Lipinski definition) is 5. The summed E-state index contributed by atoms with van der Waals surface area (Å²) in [7, 11) is -3.83. The van der Waals surface area contributed by atoms with Gasteiger partial charge in [0.25, 0.3) is 0 Å². The standard InChI is InChI=1S/C9H14N2O4S/c1-6-8(15-3-2-12)4-7(10)5-9(6)16(11,13)14/h4-5,12H,2-3,10H2,1H3,(H2,11,13,14). The molecule has 90 valence electrons. The summed E-state index contributed by atoms with van der Waals surface area (Å²) in [5.41, 5.74) is 6.15. The quantitative estimate of drug-likeness (QED) is 0.625. The maximum absolute atomic E-state index is 11.2. The number of ether oxygens (including phenoxy) is 1. The lowest BCUT2D eigenvalue weighted by Crippen LogP contribution is -2.15. The van der Waals surface area contributed by atoms with Crippen LogP contribution in [0.1, 0.15) is 5.56 Å². The highest BCUT2D eigenvalue weighted by Crippen LogP contribution is 2.27. The summed E-state index contributed by atoms with van der Waals surface area (Å²) >= 11 is 0. The fourth-order valence-corrected chi connectivity index (χ4v) is 2.11. The Morgan fingerprint density at radius 2 is 2.06 bits per heavy atom. The van der Waals surface area contributed by atoms with Crippen LogP contribution in [0.3, 0.4) is 0 Å². The van der Waals surface area contributed by atoms with Gasteiger partial charge in [-0.15, -0.1) is 0 Å². The van der Waals surface area contributed by atoms with Crippen molar-refractivity contribution in [2.24, 2.45) is 5.14 Å². The Hall–Kier alpha value is -1.31. The number of nitrogens with two attached hydrogens (primary N) is 2. The Morgan fingerprint density at radius 3 is 2.56 bits per heavy atom. The number of nitrogen functional groups attached to an aromatic ring is 1. The van der Waals surface area contributed by atoms with Gasteiger partial charge in [0.2, 0.25) is 10.0 Å². The highest BCUT2D eigenvalue weighted by atomic mass is 32.2. The molecule has 0 fully saturated rings. The maximum atomic E-state index is 11.2. The molecule has 0 unspecified atom stereocenters. The van der Waals surface area contributed by atoms with Gasteiger partial charge < -0.3 is 15.6 Å². The van der Waals surface area contributed by atoms with Crippen LogP contribution in [0.5, 0.6) is 5.75 Å². The molecule has 0 aromatic heterocycles. The number of primary sulfonamides is 1. The van der Waals surface area contributed by atoms with E-state index < -0.39 is 10.0 Å². The molecular formula is C9H14N2O4S. The van der Waals surface area contributed by atoms with Gasteiger partial charge >= 0.3 is 0 Å². The Morgan fingerprint density at radius 1 is 1.44 bits per heavy atom. The minimum Gasteiger partial charge on any atom is -0.491 e. The average molecular weight is 246 g/mol. The number of aliphatic hydroxyl groups excluding tert-OH is 1. The molecular weight excluding hydrogens is 232 g/mol. The molecule has 6 nitrogen and oxygen atoms in total. The smallest absolute Gasteiger partial charge is 0.238 e. The molecule has 5 N–H and O–H groups in total. The third kappa shape index (κ3) is 2.84. The molecule has 0 saturated heterocycles. The van der Waals surface area contributed by atoms with Crippen LogP contribution < -0.4 is 15.6 Å². The summed E-state index contributed by atoms with van der Waals surface area (Å²) in [4.78, 5) is -0.0690. The van der Waals surface area contributed by atoms with Gasteiger partial charge in [-0.3, -0.25) is 0 Å². The molecule has 0 bridgehead atoms. The lowest BCUT2D eigenvalue weighted by atomic mass is 10.2. The third-order valence-corrected chi connectivity index (χ3v) is 3.03. The minimum atomic E-state index is -3.83. The Bertz CT molecular complexity index is 485. The lowest BCUT2D eigenvalue weighted by Gasteiger charge is -2.12. The average Bonchev–Trinajstić information content (AvgIpc) is 2.17. The van der Waals surface area contributed by atoms with Crippen molar-refractivity contribution >= 4 is 15.7 Å². The first-order valence-corrected chi connectivity index (χ1v) is 6.07. The fourth-order valence-electron chi connectivity index (χ4n) is 1.28. The summed E-state index contributed by atoms with van der Waals surface area (Å²) in [6.45, 7) is 1.46. The Labute approximate surface area is 93.9 Å². The molecule has 7 heteroatoms. The highest BCUT2D eigenvalue weighted by molar-refractivity contribution is 7.89. The van der Waals surface area contributed by atoms with E-state index >= 15 is 0 Å². The van der Waals surface area contributed by atoms with Gasteiger partial charge in [0.1, 0.15) is 12.4 Å². The normalized spacial score (nSPS) is 11.4.